The lowest BCUT2D eigenvalue weighted by molar-refractivity contribution is -0.336. The third-order valence-corrected chi connectivity index (χ3v) is 3.01. The van der Waals surface area contributed by atoms with Crippen LogP contribution in [0, 0.1) is 5.82 Å². The van der Waals surface area contributed by atoms with Gasteiger partial charge in [-0.3, -0.25) is 0 Å². The van der Waals surface area contributed by atoms with Crippen molar-refractivity contribution in [3.63, 3.8) is 0 Å². The minimum atomic E-state index is -6.02. The van der Waals surface area contributed by atoms with Gasteiger partial charge >= 0.3 is 12.1 Å². The summed E-state index contributed by atoms with van der Waals surface area (Å²) in [6, 6.07) is 3.44. The van der Waals surface area contributed by atoms with E-state index >= 15 is 0 Å². The van der Waals surface area contributed by atoms with Gasteiger partial charge in [-0.25, -0.2) is 4.39 Å². The molecule has 114 valence electrons. The van der Waals surface area contributed by atoms with E-state index in [4.69, 9.17) is 0 Å². The van der Waals surface area contributed by atoms with E-state index in [1.165, 1.54) is 0 Å². The van der Waals surface area contributed by atoms with Gasteiger partial charge in [0.25, 0.3) is 0 Å². The highest BCUT2D eigenvalue weighted by Gasteiger charge is 2.71. The largest absolute Gasteiger partial charge is 0.472 e. The third kappa shape index (κ3) is 2.29. The molecule has 1 N–H and O–H groups in total. The topological polar surface area (TPSA) is 33.4 Å². The number of hydrogen-bond donors (Lipinski definition) is 1. The van der Waals surface area contributed by atoms with Gasteiger partial charge in [-0.15, -0.1) is 0 Å². The van der Waals surface area contributed by atoms with Crippen LogP contribution in [0.3, 0.4) is 0 Å². The summed E-state index contributed by atoms with van der Waals surface area (Å²) in [6.07, 6.45) is -4.60. The van der Waals surface area contributed by atoms with E-state index in [1.54, 1.807) is 0 Å². The van der Waals surface area contributed by atoms with E-state index in [-0.39, 0.29) is 0 Å². The van der Waals surface area contributed by atoms with Gasteiger partial charge in [0.2, 0.25) is 0 Å². The molecule has 0 bridgehead atoms. The molecule has 0 radical (unpaired) electrons. The first kappa shape index (κ1) is 15.4. The first-order chi connectivity index (χ1) is 9.60. The molecule has 0 spiro atoms. The second-order valence-electron chi connectivity index (χ2n) is 4.30. The number of hydrogen-bond acceptors (Lipinski definition) is 2. The fourth-order valence-electron chi connectivity index (χ4n) is 1.90. The third-order valence-electron chi connectivity index (χ3n) is 3.01. The maximum absolute atomic E-state index is 13.8. The Morgan fingerprint density at radius 3 is 1.86 bits per heavy atom. The van der Waals surface area contributed by atoms with Crippen LogP contribution in [-0.2, 0) is 5.60 Å². The van der Waals surface area contributed by atoms with E-state index in [9.17, 15) is 31.4 Å². The van der Waals surface area contributed by atoms with Crippen LogP contribution in [0.4, 0.5) is 26.3 Å². The fraction of sp³-hybridized carbons (Fsp3) is 0.231. The highest BCUT2D eigenvalue weighted by Crippen LogP contribution is 2.51. The molecule has 0 aliphatic rings. The Bertz CT molecular complexity index is 603. The zero-order chi connectivity index (χ0) is 15.9. The summed E-state index contributed by atoms with van der Waals surface area (Å²) in [7, 11) is 0. The predicted octanol–water partition coefficient (Wildman–Crippen LogP) is 3.85. The number of aliphatic hydroxyl groups is 1. The summed E-state index contributed by atoms with van der Waals surface area (Å²) in [4.78, 5) is 0. The molecule has 0 amide bonds. The molecular weight excluding hydrogens is 302 g/mol. The van der Waals surface area contributed by atoms with Crippen LogP contribution in [-0.4, -0.2) is 17.2 Å². The molecule has 2 nitrogen and oxygen atoms in total. The van der Waals surface area contributed by atoms with E-state index < -0.39 is 34.6 Å². The molecule has 0 fully saturated rings. The number of halogens is 6. The highest BCUT2D eigenvalue weighted by atomic mass is 19.4. The zero-order valence-electron chi connectivity index (χ0n) is 10.2. The average Bonchev–Trinajstić information content (AvgIpc) is 2.91. The lowest BCUT2D eigenvalue weighted by Crippen LogP contribution is -2.55. The summed E-state index contributed by atoms with van der Waals surface area (Å²) in [5.74, 6) is -6.36. The van der Waals surface area contributed by atoms with Crippen molar-refractivity contribution in [2.75, 3.05) is 0 Å². The molecule has 2 rings (SSSR count). The lowest BCUT2D eigenvalue weighted by Gasteiger charge is -2.36. The molecule has 1 heterocycles. The molecule has 1 aromatic heterocycles. The Labute approximate surface area is 114 Å². The van der Waals surface area contributed by atoms with Crippen LogP contribution in [0.15, 0.2) is 47.3 Å². The van der Waals surface area contributed by atoms with Crippen LogP contribution in [0.2, 0.25) is 0 Å². The van der Waals surface area contributed by atoms with Gasteiger partial charge in [0.05, 0.1) is 12.5 Å². The standard InChI is InChI=1S/C13H8F6O2/c14-10-3-1-8(2-4-10)11(20,9-5-6-21-7-9)12(15,16)13(17,18)19/h1-7,20H. The molecule has 0 saturated carbocycles. The lowest BCUT2D eigenvalue weighted by atomic mass is 9.82. The van der Waals surface area contributed by atoms with E-state index in [0.29, 0.717) is 30.5 Å². The number of benzene rings is 1. The molecule has 0 aliphatic carbocycles. The van der Waals surface area contributed by atoms with E-state index in [2.05, 4.69) is 4.42 Å². The highest BCUT2D eigenvalue weighted by molar-refractivity contribution is 5.38. The van der Waals surface area contributed by atoms with Crippen molar-refractivity contribution in [1.29, 1.82) is 0 Å². The van der Waals surface area contributed by atoms with Crippen molar-refractivity contribution < 1.29 is 35.9 Å². The monoisotopic (exact) mass is 310 g/mol. The van der Waals surface area contributed by atoms with Gasteiger partial charge in [-0.2, -0.15) is 22.0 Å². The van der Waals surface area contributed by atoms with Crippen molar-refractivity contribution in [3.8, 4) is 0 Å². The van der Waals surface area contributed by atoms with Crippen LogP contribution in [0.5, 0.6) is 0 Å². The normalized spacial score (nSPS) is 15.8. The summed E-state index contributed by atoms with van der Waals surface area (Å²) in [5, 5.41) is 10.1. The maximum Gasteiger partial charge on any atom is 0.457 e. The first-order valence-corrected chi connectivity index (χ1v) is 5.56. The zero-order valence-corrected chi connectivity index (χ0v) is 10.2. The Morgan fingerprint density at radius 2 is 1.43 bits per heavy atom. The minimum absolute atomic E-state index is 0.572. The van der Waals surface area contributed by atoms with Gasteiger partial charge in [0, 0.05) is 5.56 Å². The van der Waals surface area contributed by atoms with Crippen molar-refractivity contribution in [3.05, 3.63) is 59.8 Å². The van der Waals surface area contributed by atoms with Gasteiger partial charge in [0.1, 0.15) is 5.82 Å². The van der Waals surface area contributed by atoms with Crippen LogP contribution in [0.25, 0.3) is 0 Å². The Balaban J connectivity index is 2.69. The quantitative estimate of drug-likeness (QED) is 0.874. The molecule has 1 atom stereocenters. The van der Waals surface area contributed by atoms with Gasteiger partial charge in [0.15, 0.2) is 5.60 Å². The number of alkyl halides is 5. The second-order valence-corrected chi connectivity index (χ2v) is 4.30. The Hall–Kier alpha value is -1.96. The van der Waals surface area contributed by atoms with Crippen molar-refractivity contribution in [2.45, 2.75) is 17.7 Å². The molecule has 0 aliphatic heterocycles. The van der Waals surface area contributed by atoms with Gasteiger partial charge in [-0.05, 0) is 23.8 Å². The Morgan fingerprint density at radius 1 is 0.857 bits per heavy atom. The number of rotatable bonds is 3. The Kier molecular flexibility index (Phi) is 3.53. The first-order valence-electron chi connectivity index (χ1n) is 5.56. The van der Waals surface area contributed by atoms with E-state index in [0.717, 1.165) is 12.3 Å². The second kappa shape index (κ2) is 4.80. The van der Waals surface area contributed by atoms with Crippen LogP contribution in [0.1, 0.15) is 11.1 Å². The van der Waals surface area contributed by atoms with Crippen LogP contribution >= 0.6 is 0 Å². The fourth-order valence-corrected chi connectivity index (χ4v) is 1.90. The molecule has 1 aromatic carbocycles. The maximum atomic E-state index is 13.8. The minimum Gasteiger partial charge on any atom is -0.472 e. The van der Waals surface area contributed by atoms with Gasteiger partial charge in [-0.1, -0.05) is 12.1 Å². The van der Waals surface area contributed by atoms with Crippen molar-refractivity contribution in [2.24, 2.45) is 0 Å². The predicted molar refractivity (Wildman–Crippen MR) is 59.1 cm³/mol. The molecule has 2 aromatic rings. The molecule has 1 unspecified atom stereocenters. The molecule has 8 heteroatoms. The average molecular weight is 310 g/mol. The number of furan rings is 1. The van der Waals surface area contributed by atoms with Crippen LogP contribution < -0.4 is 0 Å². The summed E-state index contributed by atoms with van der Waals surface area (Å²) >= 11 is 0. The summed E-state index contributed by atoms with van der Waals surface area (Å²) < 4.78 is 83.0. The summed E-state index contributed by atoms with van der Waals surface area (Å²) in [5.41, 5.74) is -5.34. The smallest absolute Gasteiger partial charge is 0.457 e. The van der Waals surface area contributed by atoms with E-state index in [1.807, 2.05) is 0 Å². The van der Waals surface area contributed by atoms with Crippen molar-refractivity contribution >= 4 is 0 Å². The molecule has 21 heavy (non-hydrogen) atoms. The van der Waals surface area contributed by atoms with Gasteiger partial charge < -0.3 is 9.52 Å². The molecular formula is C13H8F6O2. The SMILES string of the molecule is OC(c1ccc(F)cc1)(c1ccoc1)C(F)(F)C(F)(F)F. The molecule has 0 saturated heterocycles. The summed E-state index contributed by atoms with van der Waals surface area (Å²) in [6.45, 7) is 0. The van der Waals surface area contributed by atoms with Crippen molar-refractivity contribution in [1.82, 2.24) is 0 Å².